The molecule has 0 aromatic heterocycles. The quantitative estimate of drug-likeness (QED) is 0.826. The standard InChI is InChI=1S/C19H29N3O.ClH/c23-19(18-9-4-11-20-18)21-14-17-8-5-12-22(15-17)13-10-16-6-2-1-3-7-16;/h1-3,6-7,17-18,20H,4-5,8-15H2,(H,21,23);1H. The summed E-state index contributed by atoms with van der Waals surface area (Å²) in [5.74, 6) is 0.800. The first kappa shape index (κ1) is 19.2. The van der Waals surface area contributed by atoms with Gasteiger partial charge in [0, 0.05) is 19.6 Å². The van der Waals surface area contributed by atoms with Gasteiger partial charge in [-0.15, -0.1) is 12.4 Å². The minimum Gasteiger partial charge on any atom is -0.354 e. The monoisotopic (exact) mass is 351 g/mol. The van der Waals surface area contributed by atoms with Crippen LogP contribution in [0.2, 0.25) is 0 Å². The van der Waals surface area contributed by atoms with Gasteiger partial charge in [-0.3, -0.25) is 4.79 Å². The Morgan fingerprint density at radius 3 is 2.79 bits per heavy atom. The number of nitrogens with one attached hydrogen (secondary N) is 2. The van der Waals surface area contributed by atoms with Gasteiger partial charge in [-0.1, -0.05) is 30.3 Å². The third-order valence-corrected chi connectivity index (χ3v) is 5.10. The molecule has 2 atom stereocenters. The highest BCUT2D eigenvalue weighted by Crippen LogP contribution is 2.16. The van der Waals surface area contributed by atoms with Crippen LogP contribution in [0.1, 0.15) is 31.2 Å². The first-order valence-corrected chi connectivity index (χ1v) is 9.08. The van der Waals surface area contributed by atoms with E-state index >= 15 is 0 Å². The van der Waals surface area contributed by atoms with Gasteiger partial charge in [-0.2, -0.15) is 0 Å². The van der Waals surface area contributed by atoms with E-state index in [4.69, 9.17) is 0 Å². The molecule has 0 radical (unpaired) electrons. The van der Waals surface area contributed by atoms with Crippen molar-refractivity contribution in [1.82, 2.24) is 15.5 Å². The van der Waals surface area contributed by atoms with E-state index in [9.17, 15) is 4.79 Å². The van der Waals surface area contributed by atoms with Crippen LogP contribution in [0.3, 0.4) is 0 Å². The largest absolute Gasteiger partial charge is 0.354 e. The van der Waals surface area contributed by atoms with E-state index in [1.165, 1.54) is 24.9 Å². The Balaban J connectivity index is 0.00000208. The lowest BCUT2D eigenvalue weighted by Crippen LogP contribution is -2.45. The Morgan fingerprint density at radius 2 is 2.04 bits per heavy atom. The summed E-state index contributed by atoms with van der Waals surface area (Å²) in [4.78, 5) is 14.6. The second kappa shape index (κ2) is 10.0. The van der Waals surface area contributed by atoms with Crippen LogP contribution in [0.5, 0.6) is 0 Å². The number of amides is 1. The Morgan fingerprint density at radius 1 is 1.21 bits per heavy atom. The number of benzene rings is 1. The van der Waals surface area contributed by atoms with Crippen molar-refractivity contribution in [3.8, 4) is 0 Å². The van der Waals surface area contributed by atoms with Crippen LogP contribution in [0, 0.1) is 5.92 Å². The highest BCUT2D eigenvalue weighted by molar-refractivity contribution is 5.85. The lowest BCUT2D eigenvalue weighted by molar-refractivity contribution is -0.123. The zero-order valence-electron chi connectivity index (χ0n) is 14.4. The molecule has 134 valence electrons. The average Bonchev–Trinajstić information content (AvgIpc) is 3.14. The summed E-state index contributed by atoms with van der Waals surface area (Å²) in [6, 6.07) is 10.8. The zero-order valence-corrected chi connectivity index (χ0v) is 15.2. The number of halogens is 1. The number of likely N-dealkylation sites (tertiary alicyclic amines) is 1. The first-order chi connectivity index (χ1) is 11.3. The van der Waals surface area contributed by atoms with E-state index in [1.807, 2.05) is 0 Å². The summed E-state index contributed by atoms with van der Waals surface area (Å²) < 4.78 is 0. The highest BCUT2D eigenvalue weighted by atomic mass is 35.5. The molecule has 3 rings (SSSR count). The molecule has 2 saturated heterocycles. The van der Waals surface area contributed by atoms with Gasteiger partial charge in [-0.05, 0) is 56.7 Å². The normalized spacial score (nSPS) is 24.3. The van der Waals surface area contributed by atoms with Crippen LogP contribution in [-0.4, -0.2) is 49.6 Å². The number of hydrogen-bond donors (Lipinski definition) is 2. The molecule has 0 spiro atoms. The number of rotatable bonds is 6. The molecule has 2 heterocycles. The van der Waals surface area contributed by atoms with Crippen LogP contribution in [-0.2, 0) is 11.2 Å². The number of nitrogens with zero attached hydrogens (tertiary/aromatic N) is 1. The molecule has 2 N–H and O–H groups in total. The minimum absolute atomic E-state index is 0. The average molecular weight is 352 g/mol. The molecule has 0 saturated carbocycles. The SMILES string of the molecule is Cl.O=C(NCC1CCCN(CCc2ccccc2)C1)C1CCCN1. The van der Waals surface area contributed by atoms with E-state index in [2.05, 4.69) is 45.9 Å². The lowest BCUT2D eigenvalue weighted by Gasteiger charge is -2.33. The Bertz CT molecular complexity index is 491. The van der Waals surface area contributed by atoms with Crippen LogP contribution in [0.25, 0.3) is 0 Å². The molecule has 2 aliphatic rings. The second-order valence-corrected chi connectivity index (χ2v) is 6.94. The molecule has 0 aliphatic carbocycles. The van der Waals surface area contributed by atoms with Crippen molar-refractivity contribution < 1.29 is 4.79 Å². The Kier molecular flexibility index (Phi) is 8.03. The maximum Gasteiger partial charge on any atom is 0.237 e. The lowest BCUT2D eigenvalue weighted by atomic mass is 9.97. The van der Waals surface area contributed by atoms with E-state index < -0.39 is 0 Å². The zero-order chi connectivity index (χ0) is 15.9. The third-order valence-electron chi connectivity index (χ3n) is 5.10. The van der Waals surface area contributed by atoms with Gasteiger partial charge in [0.1, 0.15) is 0 Å². The fraction of sp³-hybridized carbons (Fsp3) is 0.632. The van der Waals surface area contributed by atoms with Crippen LogP contribution < -0.4 is 10.6 Å². The van der Waals surface area contributed by atoms with E-state index in [0.29, 0.717) is 5.92 Å². The molecule has 5 heteroatoms. The predicted octanol–water partition coefficient (Wildman–Crippen LogP) is 2.23. The topological polar surface area (TPSA) is 44.4 Å². The summed E-state index contributed by atoms with van der Waals surface area (Å²) in [6.45, 7) is 5.25. The molecule has 2 fully saturated rings. The maximum atomic E-state index is 12.1. The van der Waals surface area contributed by atoms with Crippen molar-refractivity contribution in [3.05, 3.63) is 35.9 Å². The van der Waals surface area contributed by atoms with Gasteiger partial charge in [-0.25, -0.2) is 0 Å². The molecular formula is C19H30ClN3O. The first-order valence-electron chi connectivity index (χ1n) is 9.08. The van der Waals surface area contributed by atoms with Gasteiger partial charge in [0.25, 0.3) is 0 Å². The summed E-state index contributed by atoms with van der Waals surface area (Å²) in [7, 11) is 0. The fourth-order valence-corrected chi connectivity index (χ4v) is 3.73. The van der Waals surface area contributed by atoms with Gasteiger partial charge >= 0.3 is 0 Å². The Labute approximate surface area is 151 Å². The minimum atomic E-state index is 0. The van der Waals surface area contributed by atoms with Crippen molar-refractivity contribution in [2.24, 2.45) is 5.92 Å². The summed E-state index contributed by atoms with van der Waals surface area (Å²) in [6.07, 6.45) is 5.71. The summed E-state index contributed by atoms with van der Waals surface area (Å²) in [5.41, 5.74) is 1.41. The van der Waals surface area contributed by atoms with Gasteiger partial charge in [0.15, 0.2) is 0 Å². The van der Waals surface area contributed by atoms with Gasteiger partial charge in [0.05, 0.1) is 6.04 Å². The predicted molar refractivity (Wildman–Crippen MR) is 101 cm³/mol. The van der Waals surface area contributed by atoms with E-state index in [1.54, 1.807) is 0 Å². The molecule has 24 heavy (non-hydrogen) atoms. The third kappa shape index (κ3) is 5.76. The van der Waals surface area contributed by atoms with Crippen molar-refractivity contribution in [2.45, 2.75) is 38.1 Å². The molecule has 4 nitrogen and oxygen atoms in total. The van der Waals surface area contributed by atoms with Crippen molar-refractivity contribution >= 4 is 18.3 Å². The molecule has 1 aromatic rings. The molecule has 2 aliphatic heterocycles. The number of carbonyl (C=O) groups is 1. The van der Waals surface area contributed by atoms with Crippen molar-refractivity contribution in [2.75, 3.05) is 32.7 Å². The van der Waals surface area contributed by atoms with E-state index in [0.717, 1.165) is 45.4 Å². The summed E-state index contributed by atoms with van der Waals surface area (Å²) in [5, 5.41) is 6.43. The molecule has 1 aromatic carbocycles. The van der Waals surface area contributed by atoms with Crippen molar-refractivity contribution in [3.63, 3.8) is 0 Å². The van der Waals surface area contributed by atoms with Gasteiger partial charge in [0.2, 0.25) is 5.91 Å². The number of hydrogen-bond acceptors (Lipinski definition) is 3. The van der Waals surface area contributed by atoms with Crippen LogP contribution >= 0.6 is 12.4 Å². The molecule has 0 bridgehead atoms. The molecule has 1 amide bonds. The van der Waals surface area contributed by atoms with E-state index in [-0.39, 0.29) is 24.4 Å². The maximum absolute atomic E-state index is 12.1. The van der Waals surface area contributed by atoms with Crippen LogP contribution in [0.4, 0.5) is 0 Å². The fourth-order valence-electron chi connectivity index (χ4n) is 3.73. The van der Waals surface area contributed by atoms with Crippen molar-refractivity contribution in [1.29, 1.82) is 0 Å². The number of piperidine rings is 1. The molecular weight excluding hydrogens is 322 g/mol. The van der Waals surface area contributed by atoms with Crippen LogP contribution in [0.15, 0.2) is 30.3 Å². The Hall–Kier alpha value is -1.10. The van der Waals surface area contributed by atoms with Gasteiger partial charge < -0.3 is 15.5 Å². The second-order valence-electron chi connectivity index (χ2n) is 6.94. The molecule has 2 unspecified atom stereocenters. The smallest absolute Gasteiger partial charge is 0.237 e. The summed E-state index contributed by atoms with van der Waals surface area (Å²) >= 11 is 0. The number of carbonyl (C=O) groups excluding carboxylic acids is 1. The highest BCUT2D eigenvalue weighted by Gasteiger charge is 2.24.